The summed E-state index contributed by atoms with van der Waals surface area (Å²) >= 11 is 0. The first-order chi connectivity index (χ1) is 10.4. The van der Waals surface area contributed by atoms with E-state index >= 15 is 0 Å². The van der Waals surface area contributed by atoms with Crippen molar-refractivity contribution in [1.82, 2.24) is 0 Å². The first kappa shape index (κ1) is 13.1. The van der Waals surface area contributed by atoms with Crippen LogP contribution in [0, 0.1) is 0 Å². The van der Waals surface area contributed by atoms with Gasteiger partial charge in [-0.05, 0) is 28.5 Å². The Morgan fingerprint density at radius 1 is 0.667 bits per heavy atom. The summed E-state index contributed by atoms with van der Waals surface area (Å²) in [5.41, 5.74) is 5.16. The molecule has 2 heteroatoms. The molecule has 3 aromatic carbocycles. The van der Waals surface area contributed by atoms with Crippen LogP contribution in [0.1, 0.15) is 5.56 Å². The van der Waals surface area contributed by atoms with Gasteiger partial charge in [-0.1, -0.05) is 72.8 Å². The monoisotopic (exact) mass is 272 g/mol. The van der Waals surface area contributed by atoms with Crippen molar-refractivity contribution in [2.75, 3.05) is 5.43 Å². The molecule has 0 atom stereocenters. The van der Waals surface area contributed by atoms with Gasteiger partial charge in [-0.25, -0.2) is 0 Å². The first-order valence-corrected chi connectivity index (χ1v) is 6.92. The van der Waals surface area contributed by atoms with Gasteiger partial charge in [0.2, 0.25) is 0 Å². The zero-order chi connectivity index (χ0) is 14.3. The van der Waals surface area contributed by atoms with Crippen molar-refractivity contribution in [2.45, 2.75) is 0 Å². The Labute approximate surface area is 124 Å². The minimum Gasteiger partial charge on any atom is -0.278 e. The Morgan fingerprint density at radius 3 is 1.90 bits per heavy atom. The number of nitrogens with zero attached hydrogens (tertiary/aromatic N) is 1. The molecular formula is C19H16N2. The maximum atomic E-state index is 3.95. The minimum absolute atomic E-state index is 1.05. The van der Waals surface area contributed by atoms with E-state index < -0.39 is 0 Å². The number of allylic oxidation sites excluding steroid dienone is 1. The number of nitrogens with one attached hydrogen (secondary N) is 1. The number of fused-ring (bicyclic) bond motifs is 2. The largest absolute Gasteiger partial charge is 0.278 e. The summed E-state index contributed by atoms with van der Waals surface area (Å²) in [5, 5.41) is 6.57. The average Bonchev–Trinajstić information content (AvgIpc) is 2.81. The average molecular weight is 272 g/mol. The molecule has 0 bridgehead atoms. The molecule has 0 saturated heterocycles. The molecule has 1 heterocycles. The summed E-state index contributed by atoms with van der Waals surface area (Å²) in [5.74, 6) is 0. The lowest BCUT2D eigenvalue weighted by molar-refractivity contribution is 1.36. The molecule has 0 radical (unpaired) electrons. The Morgan fingerprint density at radius 2 is 1.24 bits per heavy atom. The van der Waals surface area contributed by atoms with Crippen LogP contribution >= 0.6 is 0 Å². The van der Waals surface area contributed by atoms with Crippen molar-refractivity contribution in [3.8, 4) is 0 Å². The number of benzene rings is 3. The Bertz CT molecular complexity index is 723. The van der Waals surface area contributed by atoms with E-state index in [4.69, 9.17) is 0 Å². The summed E-state index contributed by atoms with van der Waals surface area (Å²) in [4.78, 5) is 0. The Balaban J connectivity index is 0.000000126. The zero-order valence-electron chi connectivity index (χ0n) is 11.6. The molecule has 0 amide bonds. The Hall–Kier alpha value is -2.87. The number of rotatable bonds is 0. The lowest BCUT2D eigenvalue weighted by Gasteiger charge is -2.00. The van der Waals surface area contributed by atoms with Crippen LogP contribution in [0.5, 0.6) is 0 Å². The summed E-state index contributed by atoms with van der Waals surface area (Å²) in [6.45, 7) is 0. The zero-order valence-corrected chi connectivity index (χ0v) is 11.6. The SMILES string of the molecule is C1=Cc2ccccc2NN=C1.c1ccc2ccccc2c1. The highest BCUT2D eigenvalue weighted by molar-refractivity contribution is 5.84. The van der Waals surface area contributed by atoms with E-state index in [0.717, 1.165) is 5.69 Å². The van der Waals surface area contributed by atoms with E-state index in [9.17, 15) is 0 Å². The molecule has 0 saturated carbocycles. The fraction of sp³-hybridized carbons (Fsp3) is 0. The molecule has 1 aliphatic rings. The van der Waals surface area contributed by atoms with E-state index in [1.54, 1.807) is 6.21 Å². The third-order valence-electron chi connectivity index (χ3n) is 3.24. The predicted octanol–water partition coefficient (Wildman–Crippen LogP) is 4.95. The minimum atomic E-state index is 1.05. The topological polar surface area (TPSA) is 24.4 Å². The van der Waals surface area contributed by atoms with Gasteiger partial charge in [0.15, 0.2) is 0 Å². The number of para-hydroxylation sites is 1. The van der Waals surface area contributed by atoms with Crippen LogP contribution in [-0.2, 0) is 0 Å². The molecule has 3 aromatic rings. The summed E-state index contributed by atoms with van der Waals surface area (Å²) in [6, 6.07) is 24.8. The van der Waals surface area contributed by atoms with E-state index in [1.165, 1.54) is 16.3 Å². The molecular weight excluding hydrogens is 256 g/mol. The van der Waals surface area contributed by atoms with Crippen LogP contribution in [0.4, 0.5) is 5.69 Å². The van der Waals surface area contributed by atoms with Gasteiger partial charge in [0.05, 0.1) is 5.69 Å². The summed E-state index contributed by atoms with van der Waals surface area (Å²) in [7, 11) is 0. The van der Waals surface area contributed by atoms with Crippen LogP contribution in [0.3, 0.4) is 0 Å². The second kappa shape index (κ2) is 6.53. The normalized spacial score (nSPS) is 11.8. The van der Waals surface area contributed by atoms with Crippen molar-refractivity contribution >= 4 is 28.8 Å². The van der Waals surface area contributed by atoms with E-state index in [0.29, 0.717) is 0 Å². The van der Waals surface area contributed by atoms with Gasteiger partial charge in [0.1, 0.15) is 0 Å². The van der Waals surface area contributed by atoms with Crippen LogP contribution in [0.15, 0.2) is 84.0 Å². The number of hydrogen-bond donors (Lipinski definition) is 1. The molecule has 2 nitrogen and oxygen atoms in total. The molecule has 0 aliphatic carbocycles. The van der Waals surface area contributed by atoms with E-state index in [1.807, 2.05) is 36.4 Å². The van der Waals surface area contributed by atoms with Crippen molar-refractivity contribution in [2.24, 2.45) is 5.10 Å². The highest BCUT2D eigenvalue weighted by Crippen LogP contribution is 2.17. The van der Waals surface area contributed by atoms with Crippen molar-refractivity contribution in [3.63, 3.8) is 0 Å². The quantitative estimate of drug-likeness (QED) is 0.615. The van der Waals surface area contributed by atoms with E-state index in [-0.39, 0.29) is 0 Å². The number of anilines is 1. The van der Waals surface area contributed by atoms with Gasteiger partial charge < -0.3 is 0 Å². The third-order valence-corrected chi connectivity index (χ3v) is 3.24. The number of hydrazone groups is 1. The van der Waals surface area contributed by atoms with Crippen LogP contribution in [0.2, 0.25) is 0 Å². The van der Waals surface area contributed by atoms with Gasteiger partial charge in [-0.15, -0.1) is 0 Å². The second-order valence-corrected chi connectivity index (χ2v) is 4.68. The molecule has 0 aromatic heterocycles. The maximum absolute atomic E-state index is 3.95. The van der Waals surface area contributed by atoms with Crippen LogP contribution in [0.25, 0.3) is 16.8 Å². The van der Waals surface area contributed by atoms with Crippen molar-refractivity contribution < 1.29 is 0 Å². The fourth-order valence-corrected chi connectivity index (χ4v) is 2.17. The van der Waals surface area contributed by atoms with Crippen molar-refractivity contribution in [1.29, 1.82) is 0 Å². The van der Waals surface area contributed by atoms with Gasteiger partial charge in [0, 0.05) is 6.21 Å². The Kier molecular flexibility index (Phi) is 4.08. The maximum Gasteiger partial charge on any atom is 0.0634 e. The highest BCUT2D eigenvalue weighted by atomic mass is 15.3. The lowest BCUT2D eigenvalue weighted by Crippen LogP contribution is -1.87. The predicted molar refractivity (Wildman–Crippen MR) is 91.5 cm³/mol. The van der Waals surface area contributed by atoms with Gasteiger partial charge in [-0.3, -0.25) is 5.43 Å². The molecule has 0 unspecified atom stereocenters. The fourth-order valence-electron chi connectivity index (χ4n) is 2.17. The van der Waals surface area contributed by atoms with Gasteiger partial charge in [0.25, 0.3) is 0 Å². The van der Waals surface area contributed by atoms with Crippen LogP contribution in [-0.4, -0.2) is 6.21 Å². The number of hydrogen-bond acceptors (Lipinski definition) is 2. The summed E-state index contributed by atoms with van der Waals surface area (Å²) < 4.78 is 0. The van der Waals surface area contributed by atoms with E-state index in [2.05, 4.69) is 59.1 Å². The molecule has 0 fully saturated rings. The molecule has 21 heavy (non-hydrogen) atoms. The highest BCUT2D eigenvalue weighted by Gasteiger charge is 1.96. The smallest absolute Gasteiger partial charge is 0.0634 e. The molecule has 1 N–H and O–H groups in total. The summed E-state index contributed by atoms with van der Waals surface area (Å²) in [6.07, 6.45) is 5.68. The second-order valence-electron chi connectivity index (χ2n) is 4.68. The van der Waals surface area contributed by atoms with Gasteiger partial charge >= 0.3 is 0 Å². The lowest BCUT2D eigenvalue weighted by atomic mass is 10.1. The molecule has 102 valence electrons. The molecule has 1 aliphatic heterocycles. The standard InChI is InChI=1S/C10H8.C9H8N2/c1-2-6-10-8-4-3-7-9(10)5-1;1-2-6-9-8(4-1)5-3-7-10-11-9/h1-8H;1-7,11H. The molecule has 4 rings (SSSR count). The first-order valence-electron chi connectivity index (χ1n) is 6.92. The van der Waals surface area contributed by atoms with Gasteiger partial charge in [-0.2, -0.15) is 5.10 Å². The van der Waals surface area contributed by atoms with Crippen molar-refractivity contribution in [3.05, 3.63) is 84.4 Å². The third kappa shape index (κ3) is 3.37. The molecule has 0 spiro atoms. The van der Waals surface area contributed by atoms with Crippen LogP contribution < -0.4 is 5.43 Å².